The summed E-state index contributed by atoms with van der Waals surface area (Å²) in [6.45, 7) is 1.09. The van der Waals surface area contributed by atoms with Gasteiger partial charge < -0.3 is 5.73 Å². The van der Waals surface area contributed by atoms with Gasteiger partial charge in [-0.3, -0.25) is 0 Å². The largest absolute Gasteiger partial charge is 0.398 e. The molecular weight excluding hydrogens is 148 g/mol. The molecule has 2 heteroatoms. The third kappa shape index (κ3) is 1.09. The van der Waals surface area contributed by atoms with Gasteiger partial charge in [0.05, 0.1) is 5.56 Å². The maximum Gasteiger partial charge on any atom is 0.172 e. The lowest BCUT2D eigenvalue weighted by Crippen LogP contribution is -2.19. The fourth-order valence-corrected chi connectivity index (χ4v) is 1.59. The topological polar surface area (TPSA) is 29.0 Å². The van der Waals surface area contributed by atoms with E-state index < -0.39 is 0 Å². The fraction of sp³-hybridized carbons (Fsp3) is 0.300. The summed E-state index contributed by atoms with van der Waals surface area (Å²) in [5, 5.41) is 0. The van der Waals surface area contributed by atoms with Crippen LogP contribution in [0.5, 0.6) is 0 Å². The monoisotopic (exact) mass is 161 g/mol. The highest BCUT2D eigenvalue weighted by Crippen LogP contribution is 2.17. The molecule has 1 aliphatic heterocycles. The third-order valence-corrected chi connectivity index (χ3v) is 2.31. The number of fused-ring (bicyclic) bond motifs is 1. The molecule has 0 amide bonds. The Hall–Kier alpha value is -1.31. The summed E-state index contributed by atoms with van der Waals surface area (Å²) in [6.07, 6.45) is 3.22. The molecule has 0 bridgehead atoms. The molecule has 0 atom stereocenters. The highest BCUT2D eigenvalue weighted by molar-refractivity contribution is 5.86. The van der Waals surface area contributed by atoms with E-state index in [1.54, 1.807) is 0 Å². The zero-order valence-corrected chi connectivity index (χ0v) is 7.25. The molecule has 2 N–H and O–H groups in total. The number of benzene rings is 1. The first kappa shape index (κ1) is 7.35. The van der Waals surface area contributed by atoms with Crippen LogP contribution in [0.25, 0.3) is 0 Å². The first-order valence-electron chi connectivity index (χ1n) is 4.20. The van der Waals surface area contributed by atoms with Gasteiger partial charge in [-0.15, -0.1) is 0 Å². The zero-order chi connectivity index (χ0) is 8.55. The van der Waals surface area contributed by atoms with E-state index in [0.717, 1.165) is 18.7 Å². The molecule has 62 valence electrons. The molecule has 0 aliphatic carbocycles. The molecule has 0 radical (unpaired) electrons. The van der Waals surface area contributed by atoms with Gasteiger partial charge in [0.2, 0.25) is 0 Å². The summed E-state index contributed by atoms with van der Waals surface area (Å²) in [5.74, 6) is 0. The lowest BCUT2D eigenvalue weighted by atomic mass is 10.0. The third-order valence-electron chi connectivity index (χ3n) is 2.31. The smallest absolute Gasteiger partial charge is 0.172 e. The highest BCUT2D eigenvalue weighted by Gasteiger charge is 2.13. The van der Waals surface area contributed by atoms with Crippen LogP contribution >= 0.6 is 0 Å². The van der Waals surface area contributed by atoms with Crippen molar-refractivity contribution in [3.63, 3.8) is 0 Å². The van der Waals surface area contributed by atoms with Gasteiger partial charge in [-0.25, -0.2) is 4.58 Å². The van der Waals surface area contributed by atoms with Gasteiger partial charge >= 0.3 is 0 Å². The second kappa shape index (κ2) is 2.63. The second-order valence-electron chi connectivity index (χ2n) is 3.28. The summed E-state index contributed by atoms with van der Waals surface area (Å²) in [5.41, 5.74) is 9.30. The van der Waals surface area contributed by atoms with Crippen molar-refractivity contribution < 1.29 is 4.58 Å². The van der Waals surface area contributed by atoms with Gasteiger partial charge in [-0.05, 0) is 11.6 Å². The molecule has 0 saturated carbocycles. The van der Waals surface area contributed by atoms with Crippen molar-refractivity contribution in [1.29, 1.82) is 0 Å². The average molecular weight is 161 g/mol. The Bertz CT molecular complexity index is 340. The predicted octanol–water partition coefficient (Wildman–Crippen LogP) is 0.886. The second-order valence-corrected chi connectivity index (χ2v) is 3.28. The van der Waals surface area contributed by atoms with Gasteiger partial charge in [0, 0.05) is 12.1 Å². The van der Waals surface area contributed by atoms with Gasteiger partial charge in [-0.1, -0.05) is 12.1 Å². The number of likely N-dealkylation sites (N-methyl/N-ethyl adjacent to an activating group) is 1. The fourth-order valence-electron chi connectivity index (χ4n) is 1.59. The number of hydrogen-bond donors (Lipinski definition) is 1. The minimum absolute atomic E-state index is 0.888. The number of hydrogen-bond acceptors (Lipinski definition) is 1. The molecule has 0 fully saturated rings. The van der Waals surface area contributed by atoms with E-state index in [4.69, 9.17) is 5.73 Å². The van der Waals surface area contributed by atoms with Crippen molar-refractivity contribution >= 4 is 11.9 Å². The molecular formula is C10H13N2+. The lowest BCUT2D eigenvalue weighted by Gasteiger charge is -2.11. The van der Waals surface area contributed by atoms with E-state index >= 15 is 0 Å². The van der Waals surface area contributed by atoms with Crippen LogP contribution in [0, 0.1) is 0 Å². The normalized spacial score (nSPS) is 15.2. The standard InChI is InChI=1S/C10H12N2/c1-12-6-5-8-3-2-4-10(11)9(8)7-12/h2-4,7,11H,5-6H2,1H3/p+1. The van der Waals surface area contributed by atoms with Crippen LogP contribution in [0.1, 0.15) is 11.1 Å². The van der Waals surface area contributed by atoms with E-state index in [1.807, 2.05) is 12.1 Å². The Morgan fingerprint density at radius 3 is 3.08 bits per heavy atom. The molecule has 2 rings (SSSR count). The van der Waals surface area contributed by atoms with Crippen LogP contribution in [0.15, 0.2) is 18.2 Å². The molecule has 1 aliphatic rings. The van der Waals surface area contributed by atoms with Crippen LogP contribution < -0.4 is 5.73 Å². The summed E-state index contributed by atoms with van der Waals surface area (Å²) >= 11 is 0. The number of nitrogens with zero attached hydrogens (tertiary/aromatic N) is 1. The van der Waals surface area contributed by atoms with Crippen LogP contribution in [-0.4, -0.2) is 24.4 Å². The maximum atomic E-state index is 5.85. The Labute approximate surface area is 72.3 Å². The average Bonchev–Trinajstić information content (AvgIpc) is 2.07. The summed E-state index contributed by atoms with van der Waals surface area (Å²) < 4.78 is 2.18. The van der Waals surface area contributed by atoms with E-state index in [1.165, 1.54) is 11.1 Å². The first-order chi connectivity index (χ1) is 5.77. The van der Waals surface area contributed by atoms with Crippen molar-refractivity contribution in [3.8, 4) is 0 Å². The zero-order valence-electron chi connectivity index (χ0n) is 7.25. The summed E-state index contributed by atoms with van der Waals surface area (Å²) in [6, 6.07) is 6.12. The molecule has 0 spiro atoms. The van der Waals surface area contributed by atoms with Crippen LogP contribution in [0.3, 0.4) is 0 Å². The Morgan fingerprint density at radius 1 is 1.42 bits per heavy atom. The Morgan fingerprint density at radius 2 is 2.25 bits per heavy atom. The Kier molecular flexibility index (Phi) is 1.61. The van der Waals surface area contributed by atoms with Crippen molar-refractivity contribution in [2.45, 2.75) is 6.42 Å². The number of rotatable bonds is 0. The number of nitrogen functional groups attached to an aromatic ring is 1. The van der Waals surface area contributed by atoms with Crippen molar-refractivity contribution in [2.75, 3.05) is 19.3 Å². The molecule has 0 unspecified atom stereocenters. The van der Waals surface area contributed by atoms with E-state index in [0.29, 0.717) is 0 Å². The van der Waals surface area contributed by atoms with Gasteiger partial charge in [0.25, 0.3) is 0 Å². The van der Waals surface area contributed by atoms with E-state index in [2.05, 4.69) is 23.9 Å². The first-order valence-corrected chi connectivity index (χ1v) is 4.20. The van der Waals surface area contributed by atoms with Gasteiger partial charge in [0.15, 0.2) is 6.21 Å². The highest BCUT2D eigenvalue weighted by atomic mass is 15.0. The van der Waals surface area contributed by atoms with Crippen molar-refractivity contribution in [1.82, 2.24) is 0 Å². The molecule has 1 aromatic carbocycles. The summed E-state index contributed by atoms with van der Waals surface area (Å²) in [7, 11) is 2.08. The number of nitrogens with two attached hydrogens (primary N) is 1. The van der Waals surface area contributed by atoms with Gasteiger partial charge in [0.1, 0.15) is 13.6 Å². The molecule has 1 aromatic rings. The number of anilines is 1. The van der Waals surface area contributed by atoms with Gasteiger partial charge in [-0.2, -0.15) is 0 Å². The van der Waals surface area contributed by atoms with Crippen molar-refractivity contribution in [3.05, 3.63) is 29.3 Å². The summed E-state index contributed by atoms with van der Waals surface area (Å²) in [4.78, 5) is 0. The quantitative estimate of drug-likeness (QED) is 0.444. The minimum Gasteiger partial charge on any atom is -0.398 e. The molecule has 0 saturated heterocycles. The van der Waals surface area contributed by atoms with Crippen LogP contribution in [0.2, 0.25) is 0 Å². The molecule has 12 heavy (non-hydrogen) atoms. The van der Waals surface area contributed by atoms with Crippen LogP contribution in [0.4, 0.5) is 5.69 Å². The lowest BCUT2D eigenvalue weighted by molar-refractivity contribution is -0.493. The van der Waals surface area contributed by atoms with E-state index in [9.17, 15) is 0 Å². The minimum atomic E-state index is 0.888. The van der Waals surface area contributed by atoms with Crippen molar-refractivity contribution in [2.24, 2.45) is 0 Å². The maximum absolute atomic E-state index is 5.85. The van der Waals surface area contributed by atoms with E-state index in [-0.39, 0.29) is 0 Å². The van der Waals surface area contributed by atoms with Crippen LogP contribution in [-0.2, 0) is 6.42 Å². The molecule has 1 heterocycles. The SMILES string of the molecule is C[N+]1=Cc2c(N)cccc2CC1. The predicted molar refractivity (Wildman–Crippen MR) is 50.8 cm³/mol. The molecule has 2 nitrogen and oxygen atoms in total. The molecule has 0 aromatic heterocycles. The Balaban J connectivity index is 2.59.